The average Bonchev–Trinajstić information content (AvgIpc) is 3.25. The molecule has 0 fully saturated rings. The molecule has 1 aromatic heterocycles. The van der Waals surface area contributed by atoms with Crippen molar-refractivity contribution in [3.63, 3.8) is 0 Å². The van der Waals surface area contributed by atoms with Crippen molar-refractivity contribution in [1.29, 1.82) is 0 Å². The van der Waals surface area contributed by atoms with E-state index in [1.54, 1.807) is 47.1 Å². The number of nitrogens with zero attached hydrogens (tertiary/aromatic N) is 3. The van der Waals surface area contributed by atoms with Crippen LogP contribution in [0.2, 0.25) is 0 Å². The first kappa shape index (κ1) is 23.1. The number of hydrogen-bond acceptors (Lipinski definition) is 6. The third kappa shape index (κ3) is 5.62. The molecule has 3 aromatic carbocycles. The lowest BCUT2D eigenvalue weighted by atomic mass is 10.2. The standard InChI is InChI=1S/C23H19F3N4O4/c24-23(25,26)34-19-6-1-15(2-7-19)14-33-18-8-4-17(5-9-18)30-21-10-3-16(13-20(21)28-29-30)22(32)27-11-12-31/h1-10,13,31H,11-12,14H2,(H,27,32). The summed E-state index contributed by atoms with van der Waals surface area (Å²) in [4.78, 5) is 12.1. The Balaban J connectivity index is 1.41. The number of carbonyl (C=O) groups excluding carboxylic acids is 1. The van der Waals surface area contributed by atoms with Gasteiger partial charge in [0, 0.05) is 12.1 Å². The first-order valence-corrected chi connectivity index (χ1v) is 10.1. The minimum Gasteiger partial charge on any atom is -0.489 e. The highest BCUT2D eigenvalue weighted by atomic mass is 19.4. The van der Waals surface area contributed by atoms with Gasteiger partial charge in [0.2, 0.25) is 0 Å². The lowest BCUT2D eigenvalue weighted by Gasteiger charge is -2.10. The Morgan fingerprint density at radius 3 is 2.38 bits per heavy atom. The molecule has 0 unspecified atom stereocenters. The monoisotopic (exact) mass is 472 g/mol. The fraction of sp³-hybridized carbons (Fsp3) is 0.174. The number of aliphatic hydroxyl groups is 1. The number of rotatable bonds is 8. The van der Waals surface area contributed by atoms with Crippen molar-refractivity contribution in [2.75, 3.05) is 13.2 Å². The zero-order chi connectivity index (χ0) is 24.1. The maximum atomic E-state index is 12.2. The van der Waals surface area contributed by atoms with Gasteiger partial charge in [0.05, 0.1) is 17.8 Å². The molecule has 0 spiro atoms. The second-order valence-electron chi connectivity index (χ2n) is 7.16. The SMILES string of the molecule is O=C(NCCO)c1ccc2c(c1)nnn2-c1ccc(OCc2ccc(OC(F)(F)F)cc2)cc1. The van der Waals surface area contributed by atoms with Crippen molar-refractivity contribution in [2.24, 2.45) is 0 Å². The molecule has 1 heterocycles. The van der Waals surface area contributed by atoms with Gasteiger partial charge in [-0.1, -0.05) is 17.3 Å². The molecule has 0 saturated carbocycles. The van der Waals surface area contributed by atoms with E-state index in [-0.39, 0.29) is 31.4 Å². The Labute approximate surface area is 191 Å². The van der Waals surface area contributed by atoms with Crippen LogP contribution in [0.3, 0.4) is 0 Å². The molecule has 2 N–H and O–H groups in total. The number of halogens is 3. The molecule has 0 aliphatic rings. The van der Waals surface area contributed by atoms with Gasteiger partial charge in [-0.05, 0) is 60.2 Å². The largest absolute Gasteiger partial charge is 0.573 e. The lowest BCUT2D eigenvalue weighted by molar-refractivity contribution is -0.274. The van der Waals surface area contributed by atoms with E-state index >= 15 is 0 Å². The predicted octanol–water partition coefficient (Wildman–Crippen LogP) is 3.62. The van der Waals surface area contributed by atoms with Crippen LogP contribution in [0.4, 0.5) is 13.2 Å². The van der Waals surface area contributed by atoms with Crippen LogP contribution in [0.1, 0.15) is 15.9 Å². The quantitative estimate of drug-likeness (QED) is 0.407. The summed E-state index contributed by atoms with van der Waals surface area (Å²) in [5, 5.41) is 19.7. The van der Waals surface area contributed by atoms with Crippen LogP contribution in [0.15, 0.2) is 66.7 Å². The average molecular weight is 472 g/mol. The highest BCUT2D eigenvalue weighted by Gasteiger charge is 2.30. The van der Waals surface area contributed by atoms with E-state index in [0.717, 1.165) is 5.69 Å². The van der Waals surface area contributed by atoms with Gasteiger partial charge in [0.15, 0.2) is 0 Å². The zero-order valence-corrected chi connectivity index (χ0v) is 17.6. The molecule has 0 atom stereocenters. The van der Waals surface area contributed by atoms with Gasteiger partial charge in [-0.3, -0.25) is 4.79 Å². The van der Waals surface area contributed by atoms with Crippen LogP contribution in [0, 0.1) is 0 Å². The summed E-state index contributed by atoms with van der Waals surface area (Å²) in [6.07, 6.45) is -4.73. The summed E-state index contributed by atoms with van der Waals surface area (Å²) < 4.78 is 47.9. The summed E-state index contributed by atoms with van der Waals surface area (Å²) in [6.45, 7) is 0.182. The smallest absolute Gasteiger partial charge is 0.489 e. The number of aromatic nitrogens is 3. The first-order valence-electron chi connectivity index (χ1n) is 10.1. The molecule has 34 heavy (non-hydrogen) atoms. The summed E-state index contributed by atoms with van der Waals surface area (Å²) in [5.41, 5.74) is 3.05. The molecule has 4 aromatic rings. The molecule has 0 aliphatic heterocycles. The normalized spacial score (nSPS) is 11.4. The minimum atomic E-state index is -4.73. The number of hydrogen-bond donors (Lipinski definition) is 2. The van der Waals surface area contributed by atoms with E-state index < -0.39 is 6.36 Å². The molecule has 0 aliphatic carbocycles. The van der Waals surface area contributed by atoms with Gasteiger partial charge < -0.3 is 19.9 Å². The first-order chi connectivity index (χ1) is 16.3. The molecule has 11 heteroatoms. The van der Waals surface area contributed by atoms with E-state index in [1.807, 2.05) is 0 Å². The lowest BCUT2D eigenvalue weighted by Crippen LogP contribution is -2.26. The van der Waals surface area contributed by atoms with E-state index in [4.69, 9.17) is 9.84 Å². The number of fused-ring (bicyclic) bond motifs is 1. The van der Waals surface area contributed by atoms with E-state index in [1.165, 1.54) is 24.3 Å². The molecule has 0 saturated heterocycles. The number of benzene rings is 3. The topological polar surface area (TPSA) is 98.5 Å². The van der Waals surface area contributed by atoms with Crippen molar-refractivity contribution >= 4 is 16.9 Å². The molecule has 0 radical (unpaired) electrons. The van der Waals surface area contributed by atoms with Crippen LogP contribution in [0.25, 0.3) is 16.7 Å². The van der Waals surface area contributed by atoms with E-state index in [0.29, 0.717) is 27.9 Å². The fourth-order valence-corrected chi connectivity index (χ4v) is 3.16. The number of aliphatic hydroxyl groups excluding tert-OH is 1. The van der Waals surface area contributed by atoms with Crippen molar-refractivity contribution in [3.8, 4) is 17.2 Å². The second kappa shape index (κ2) is 9.79. The molecule has 8 nitrogen and oxygen atoms in total. The molecule has 1 amide bonds. The van der Waals surface area contributed by atoms with Crippen molar-refractivity contribution in [2.45, 2.75) is 13.0 Å². The Bertz CT molecular complexity index is 1270. The van der Waals surface area contributed by atoms with Gasteiger partial charge in [-0.15, -0.1) is 18.3 Å². The Kier molecular flexibility index (Phi) is 6.64. The van der Waals surface area contributed by atoms with Gasteiger partial charge in [0.1, 0.15) is 23.6 Å². The molecule has 0 bridgehead atoms. The van der Waals surface area contributed by atoms with Crippen molar-refractivity contribution in [1.82, 2.24) is 20.3 Å². The fourth-order valence-electron chi connectivity index (χ4n) is 3.16. The second-order valence-corrected chi connectivity index (χ2v) is 7.16. The number of amides is 1. The van der Waals surface area contributed by atoms with Gasteiger partial charge in [-0.2, -0.15) is 0 Å². The summed E-state index contributed by atoms with van der Waals surface area (Å²) in [7, 11) is 0. The maximum Gasteiger partial charge on any atom is 0.573 e. The third-order valence-corrected chi connectivity index (χ3v) is 4.75. The summed E-state index contributed by atoms with van der Waals surface area (Å²) in [6, 6.07) is 17.5. The Hall–Kier alpha value is -4.12. The number of alkyl halides is 3. The van der Waals surface area contributed by atoms with E-state index in [2.05, 4.69) is 20.4 Å². The maximum absolute atomic E-state index is 12.2. The predicted molar refractivity (Wildman–Crippen MR) is 116 cm³/mol. The van der Waals surface area contributed by atoms with Crippen LogP contribution in [0.5, 0.6) is 11.5 Å². The highest BCUT2D eigenvalue weighted by Crippen LogP contribution is 2.24. The summed E-state index contributed by atoms with van der Waals surface area (Å²) >= 11 is 0. The highest BCUT2D eigenvalue weighted by molar-refractivity contribution is 5.97. The number of carbonyl (C=O) groups is 1. The molecular weight excluding hydrogens is 453 g/mol. The van der Waals surface area contributed by atoms with Crippen molar-refractivity contribution < 1.29 is 32.5 Å². The van der Waals surface area contributed by atoms with Crippen LogP contribution in [-0.2, 0) is 6.61 Å². The van der Waals surface area contributed by atoms with Crippen LogP contribution < -0.4 is 14.8 Å². The van der Waals surface area contributed by atoms with Crippen LogP contribution >= 0.6 is 0 Å². The van der Waals surface area contributed by atoms with Crippen LogP contribution in [-0.4, -0.2) is 45.5 Å². The Morgan fingerprint density at radius 1 is 1.00 bits per heavy atom. The van der Waals surface area contributed by atoms with E-state index in [9.17, 15) is 18.0 Å². The third-order valence-electron chi connectivity index (χ3n) is 4.75. The Morgan fingerprint density at radius 2 is 1.71 bits per heavy atom. The molecular formula is C23H19F3N4O4. The van der Waals surface area contributed by atoms with Crippen molar-refractivity contribution in [3.05, 3.63) is 77.9 Å². The molecule has 4 rings (SSSR count). The number of ether oxygens (including phenoxy) is 2. The van der Waals surface area contributed by atoms with Gasteiger partial charge in [0.25, 0.3) is 5.91 Å². The minimum absolute atomic E-state index is 0.146. The van der Waals surface area contributed by atoms with Gasteiger partial charge in [-0.25, -0.2) is 4.68 Å². The van der Waals surface area contributed by atoms with Gasteiger partial charge >= 0.3 is 6.36 Å². The molecule has 176 valence electrons. The summed E-state index contributed by atoms with van der Waals surface area (Å²) in [5.74, 6) is -0.0419. The number of nitrogens with one attached hydrogen (secondary N) is 1. The zero-order valence-electron chi connectivity index (χ0n) is 17.6.